The number of aromatic nitrogens is 3. The zero-order chi connectivity index (χ0) is 19.7. The van der Waals surface area contributed by atoms with Gasteiger partial charge >= 0.3 is 6.18 Å². The molecule has 9 heteroatoms. The van der Waals surface area contributed by atoms with Crippen molar-refractivity contribution >= 4 is 11.3 Å². The Hall–Kier alpha value is -2.97. The molecule has 2 aromatic heterocycles. The first-order valence-electron chi connectivity index (χ1n) is 8.92. The van der Waals surface area contributed by atoms with Gasteiger partial charge in [-0.2, -0.15) is 13.2 Å². The molecule has 0 atom stereocenters. The number of alkyl halides is 3. The molecule has 0 aliphatic carbocycles. The van der Waals surface area contributed by atoms with Crippen LogP contribution in [0.2, 0.25) is 0 Å². The van der Waals surface area contributed by atoms with Crippen molar-refractivity contribution < 1.29 is 22.6 Å². The van der Waals surface area contributed by atoms with Crippen LogP contribution < -0.4 is 14.4 Å². The molecule has 0 amide bonds. The lowest BCUT2D eigenvalue weighted by Crippen LogP contribution is -2.38. The van der Waals surface area contributed by atoms with Crippen LogP contribution in [0.3, 0.4) is 0 Å². The fourth-order valence-corrected chi connectivity index (χ4v) is 3.36. The molecular formula is C19H19F3N4O2. The van der Waals surface area contributed by atoms with Crippen LogP contribution in [0, 0.1) is 0 Å². The van der Waals surface area contributed by atoms with E-state index in [1.54, 1.807) is 19.2 Å². The minimum Gasteiger partial charge on any atom is -0.497 e. The molecule has 0 spiro atoms. The normalized spacial score (nSPS) is 15.8. The predicted octanol–water partition coefficient (Wildman–Crippen LogP) is 3.80. The lowest BCUT2D eigenvalue weighted by molar-refractivity contribution is -0.145. The average Bonchev–Trinajstić information content (AvgIpc) is 3.12. The molecule has 0 unspecified atom stereocenters. The minimum atomic E-state index is -4.55. The van der Waals surface area contributed by atoms with Crippen molar-refractivity contribution in [2.45, 2.75) is 25.1 Å². The summed E-state index contributed by atoms with van der Waals surface area (Å²) in [4.78, 5) is 2.05. The van der Waals surface area contributed by atoms with Gasteiger partial charge in [0.15, 0.2) is 5.65 Å². The van der Waals surface area contributed by atoms with Crippen molar-refractivity contribution in [2.24, 2.45) is 0 Å². The van der Waals surface area contributed by atoms with Crippen molar-refractivity contribution in [1.29, 1.82) is 0 Å². The fraction of sp³-hybridized carbons (Fsp3) is 0.368. The van der Waals surface area contributed by atoms with E-state index in [9.17, 15) is 13.2 Å². The molecule has 1 aromatic carbocycles. The Labute approximate surface area is 159 Å². The van der Waals surface area contributed by atoms with Crippen LogP contribution in [0.25, 0.3) is 5.65 Å². The molecule has 4 rings (SSSR count). The number of benzene rings is 1. The highest BCUT2D eigenvalue weighted by Gasteiger charge is 2.37. The minimum absolute atomic E-state index is 0.0488. The number of halogens is 3. The van der Waals surface area contributed by atoms with Crippen molar-refractivity contribution in [3.8, 4) is 11.5 Å². The quantitative estimate of drug-likeness (QED) is 0.676. The lowest BCUT2D eigenvalue weighted by Gasteiger charge is -2.33. The molecule has 0 N–H and O–H groups in total. The monoisotopic (exact) mass is 392 g/mol. The van der Waals surface area contributed by atoms with Gasteiger partial charge in [0.05, 0.1) is 12.8 Å². The largest absolute Gasteiger partial charge is 0.497 e. The summed E-state index contributed by atoms with van der Waals surface area (Å²) in [6.07, 6.45) is -1.52. The molecular weight excluding hydrogens is 373 g/mol. The second kappa shape index (κ2) is 7.21. The van der Waals surface area contributed by atoms with Gasteiger partial charge < -0.3 is 14.4 Å². The van der Waals surface area contributed by atoms with Crippen molar-refractivity contribution in [3.63, 3.8) is 0 Å². The number of pyridine rings is 1. The van der Waals surface area contributed by atoms with Crippen LogP contribution in [0.1, 0.15) is 18.7 Å². The lowest BCUT2D eigenvalue weighted by atomic mass is 10.1. The first-order chi connectivity index (χ1) is 13.4. The summed E-state index contributed by atoms with van der Waals surface area (Å²) < 4.78 is 51.4. The van der Waals surface area contributed by atoms with Crippen LogP contribution in [-0.4, -0.2) is 40.9 Å². The van der Waals surface area contributed by atoms with Crippen molar-refractivity contribution in [1.82, 2.24) is 14.6 Å². The number of rotatable bonds is 4. The van der Waals surface area contributed by atoms with Gasteiger partial charge in [0.25, 0.3) is 0 Å². The first kappa shape index (κ1) is 18.4. The van der Waals surface area contributed by atoms with Gasteiger partial charge in [-0.25, -0.2) is 0 Å². The highest BCUT2D eigenvalue weighted by atomic mass is 19.4. The average molecular weight is 392 g/mol. The zero-order valence-electron chi connectivity index (χ0n) is 15.2. The van der Waals surface area contributed by atoms with Gasteiger partial charge in [0, 0.05) is 38.2 Å². The summed E-state index contributed by atoms with van der Waals surface area (Å²) in [6, 6.07) is 10.8. The number of hydrogen-bond acceptors (Lipinski definition) is 5. The van der Waals surface area contributed by atoms with E-state index in [2.05, 4.69) is 10.2 Å². The zero-order valence-corrected chi connectivity index (χ0v) is 15.2. The fourth-order valence-electron chi connectivity index (χ4n) is 3.36. The standard InChI is InChI=1S/C19H19F3N4O2/c1-27-15-3-2-4-16(11-15)28-14-7-9-25(10-8-14)13-5-6-17-23-24-18(19(20,21)22)26(17)12-13/h2-6,11-12,14H,7-10H2,1H3. The topological polar surface area (TPSA) is 51.9 Å². The third-order valence-corrected chi connectivity index (χ3v) is 4.79. The Balaban J connectivity index is 1.44. The number of nitrogens with zero attached hydrogens (tertiary/aromatic N) is 4. The van der Waals surface area contributed by atoms with Gasteiger partial charge in [-0.05, 0) is 24.3 Å². The molecule has 0 saturated carbocycles. The highest BCUT2D eigenvalue weighted by Crippen LogP contribution is 2.30. The van der Waals surface area contributed by atoms with E-state index < -0.39 is 12.0 Å². The summed E-state index contributed by atoms with van der Waals surface area (Å²) in [5.74, 6) is 0.469. The van der Waals surface area contributed by atoms with Gasteiger partial charge in [-0.1, -0.05) is 6.07 Å². The molecule has 3 heterocycles. The van der Waals surface area contributed by atoms with E-state index in [1.807, 2.05) is 29.2 Å². The third kappa shape index (κ3) is 3.69. The highest BCUT2D eigenvalue weighted by molar-refractivity contribution is 5.52. The van der Waals surface area contributed by atoms with E-state index >= 15 is 0 Å². The molecule has 1 aliphatic heterocycles. The maximum Gasteiger partial charge on any atom is 0.452 e. The summed E-state index contributed by atoms with van der Waals surface area (Å²) in [6.45, 7) is 1.37. The molecule has 3 aromatic rings. The summed E-state index contributed by atoms with van der Waals surface area (Å²) in [7, 11) is 1.61. The van der Waals surface area contributed by atoms with E-state index in [0.29, 0.717) is 18.8 Å². The molecule has 1 fully saturated rings. The molecule has 0 bridgehead atoms. The first-order valence-corrected chi connectivity index (χ1v) is 8.92. The molecule has 0 radical (unpaired) electrons. The summed E-state index contributed by atoms with van der Waals surface area (Å²) in [5.41, 5.74) is 0.880. The second-order valence-electron chi connectivity index (χ2n) is 6.62. The van der Waals surface area contributed by atoms with E-state index in [-0.39, 0.29) is 11.8 Å². The Bertz CT molecular complexity index is 965. The molecule has 1 saturated heterocycles. The number of ether oxygens (including phenoxy) is 2. The van der Waals surface area contributed by atoms with Crippen LogP contribution in [0.4, 0.5) is 18.9 Å². The van der Waals surface area contributed by atoms with E-state index in [4.69, 9.17) is 9.47 Å². The third-order valence-electron chi connectivity index (χ3n) is 4.79. The van der Waals surface area contributed by atoms with Gasteiger partial charge in [0.1, 0.15) is 17.6 Å². The SMILES string of the molecule is COc1cccc(OC2CCN(c3ccc4nnc(C(F)(F)F)n4c3)CC2)c1. The number of anilines is 1. The number of hydrogen-bond donors (Lipinski definition) is 0. The maximum atomic E-state index is 13.1. The Morgan fingerprint density at radius 1 is 1.04 bits per heavy atom. The molecule has 1 aliphatic rings. The molecule has 6 nitrogen and oxygen atoms in total. The maximum absolute atomic E-state index is 13.1. The van der Waals surface area contributed by atoms with Crippen LogP contribution in [0.5, 0.6) is 11.5 Å². The smallest absolute Gasteiger partial charge is 0.452 e. The van der Waals surface area contributed by atoms with E-state index in [0.717, 1.165) is 28.7 Å². The number of methoxy groups -OCH3 is 1. The van der Waals surface area contributed by atoms with Crippen molar-refractivity contribution in [3.05, 3.63) is 48.4 Å². The molecule has 148 valence electrons. The predicted molar refractivity (Wildman–Crippen MR) is 96.8 cm³/mol. The summed E-state index contributed by atoms with van der Waals surface area (Å²) in [5, 5.41) is 6.85. The number of fused-ring (bicyclic) bond motifs is 1. The Morgan fingerprint density at radius 2 is 1.79 bits per heavy atom. The molecule has 28 heavy (non-hydrogen) atoms. The van der Waals surface area contributed by atoms with Crippen LogP contribution >= 0.6 is 0 Å². The Morgan fingerprint density at radius 3 is 2.50 bits per heavy atom. The van der Waals surface area contributed by atoms with Crippen LogP contribution in [-0.2, 0) is 6.18 Å². The van der Waals surface area contributed by atoms with Gasteiger partial charge in [-0.15, -0.1) is 10.2 Å². The number of piperidine rings is 1. The van der Waals surface area contributed by atoms with Crippen molar-refractivity contribution in [2.75, 3.05) is 25.1 Å². The second-order valence-corrected chi connectivity index (χ2v) is 6.62. The van der Waals surface area contributed by atoms with Gasteiger partial charge in [0.2, 0.25) is 5.82 Å². The van der Waals surface area contributed by atoms with Crippen LogP contribution in [0.15, 0.2) is 42.6 Å². The summed E-state index contributed by atoms with van der Waals surface area (Å²) >= 11 is 0. The Kier molecular flexibility index (Phi) is 4.74. The van der Waals surface area contributed by atoms with E-state index in [1.165, 1.54) is 6.20 Å². The van der Waals surface area contributed by atoms with Gasteiger partial charge in [-0.3, -0.25) is 4.40 Å².